The fourth-order valence-electron chi connectivity index (χ4n) is 3.07. The molecule has 0 radical (unpaired) electrons. The van der Waals surface area contributed by atoms with E-state index in [2.05, 4.69) is 15.0 Å². The van der Waals surface area contributed by atoms with Crippen LogP contribution < -0.4 is 10.1 Å². The van der Waals surface area contributed by atoms with Gasteiger partial charge in [0.2, 0.25) is 5.91 Å². The molecule has 2 aromatic carbocycles. The molecular formula is C22H18ClF3N2O4S. The van der Waals surface area contributed by atoms with Gasteiger partial charge in [-0.25, -0.2) is 13.4 Å². The normalized spacial score (nSPS) is 11.8. The lowest BCUT2D eigenvalue weighted by atomic mass is 10.0. The Balaban J connectivity index is 1.77. The smallest absolute Gasteiger partial charge is 0.405 e. The van der Waals surface area contributed by atoms with Crippen molar-refractivity contribution in [2.45, 2.75) is 24.6 Å². The number of aryl methyl sites for hydroxylation is 1. The summed E-state index contributed by atoms with van der Waals surface area (Å²) in [5.41, 5.74) is 1.48. The van der Waals surface area contributed by atoms with E-state index >= 15 is 0 Å². The number of alkyl halides is 3. The first-order valence-electron chi connectivity index (χ1n) is 9.44. The topological polar surface area (TPSA) is 85.4 Å². The fraction of sp³-hybridized carbons (Fsp3) is 0.182. The van der Waals surface area contributed by atoms with Crippen molar-refractivity contribution in [3.8, 4) is 16.9 Å². The van der Waals surface area contributed by atoms with Crippen LogP contribution in [0, 0.1) is 6.92 Å². The summed E-state index contributed by atoms with van der Waals surface area (Å²) in [6.45, 7) is 1.58. The molecule has 11 heteroatoms. The van der Waals surface area contributed by atoms with Crippen LogP contribution in [0.1, 0.15) is 11.3 Å². The van der Waals surface area contributed by atoms with Gasteiger partial charge >= 0.3 is 6.36 Å². The summed E-state index contributed by atoms with van der Waals surface area (Å²) in [4.78, 5) is 16.8. The third-order valence-corrected chi connectivity index (χ3v) is 5.89. The Morgan fingerprint density at radius 3 is 2.27 bits per heavy atom. The van der Waals surface area contributed by atoms with E-state index in [4.69, 9.17) is 11.6 Å². The highest BCUT2D eigenvalue weighted by Crippen LogP contribution is 2.37. The number of halogens is 4. The van der Waals surface area contributed by atoms with Gasteiger partial charge in [0.25, 0.3) is 0 Å². The first-order valence-corrected chi connectivity index (χ1v) is 11.7. The number of rotatable bonds is 6. The summed E-state index contributed by atoms with van der Waals surface area (Å²) in [6.07, 6.45) is -3.82. The lowest BCUT2D eigenvalue weighted by Gasteiger charge is -2.15. The number of carbonyl (C=O) groups is 1. The van der Waals surface area contributed by atoms with Crippen molar-refractivity contribution in [3.63, 3.8) is 0 Å². The van der Waals surface area contributed by atoms with E-state index in [0.717, 1.165) is 12.3 Å². The van der Waals surface area contributed by atoms with Crippen LogP contribution in [0.15, 0.2) is 59.5 Å². The van der Waals surface area contributed by atoms with Crippen LogP contribution in [0.25, 0.3) is 11.1 Å². The standard InChI is InChI=1S/C22H18ClF3N2O4S/c1-13-17(18-8-5-15(23)12-19(18)32-22(24,25)26)9-10-20(27-13)28-21(29)11-14-3-6-16(7-4-14)33(2,30)31/h3-10,12H,11H2,1-2H3,(H,27,28,29). The number of nitrogens with zero attached hydrogens (tertiary/aromatic N) is 1. The zero-order chi connectivity index (χ0) is 24.4. The van der Waals surface area contributed by atoms with Crippen LogP contribution in [-0.2, 0) is 21.1 Å². The number of carbonyl (C=O) groups excluding carboxylic acids is 1. The summed E-state index contributed by atoms with van der Waals surface area (Å²) in [5, 5.41) is 2.70. The highest BCUT2D eigenvalue weighted by atomic mass is 35.5. The van der Waals surface area contributed by atoms with Gasteiger partial charge in [0.05, 0.1) is 11.3 Å². The molecule has 0 aliphatic heterocycles. The van der Waals surface area contributed by atoms with Gasteiger partial charge in [-0.05, 0) is 55.0 Å². The minimum absolute atomic E-state index is 0.0206. The summed E-state index contributed by atoms with van der Waals surface area (Å²) < 4.78 is 65.5. The number of amides is 1. The summed E-state index contributed by atoms with van der Waals surface area (Å²) in [5.74, 6) is -0.648. The summed E-state index contributed by atoms with van der Waals surface area (Å²) >= 11 is 5.81. The zero-order valence-corrected chi connectivity index (χ0v) is 19.0. The summed E-state index contributed by atoms with van der Waals surface area (Å²) in [7, 11) is -3.33. The number of ether oxygens (including phenoxy) is 1. The van der Waals surface area contributed by atoms with Crippen molar-refractivity contribution in [2.75, 3.05) is 11.6 Å². The second-order valence-electron chi connectivity index (χ2n) is 7.16. The molecule has 0 unspecified atom stereocenters. The van der Waals surface area contributed by atoms with Gasteiger partial charge in [0.15, 0.2) is 9.84 Å². The van der Waals surface area contributed by atoms with E-state index in [1.807, 2.05) is 0 Å². The van der Waals surface area contributed by atoms with Crippen molar-refractivity contribution in [2.24, 2.45) is 0 Å². The molecule has 1 heterocycles. The van der Waals surface area contributed by atoms with E-state index in [1.54, 1.807) is 19.1 Å². The molecule has 0 saturated heterocycles. The van der Waals surface area contributed by atoms with E-state index in [-0.39, 0.29) is 27.7 Å². The predicted molar refractivity (Wildman–Crippen MR) is 118 cm³/mol. The number of anilines is 1. The number of hydrogen-bond acceptors (Lipinski definition) is 5. The highest BCUT2D eigenvalue weighted by molar-refractivity contribution is 7.90. The Morgan fingerprint density at radius 1 is 1.06 bits per heavy atom. The minimum Gasteiger partial charge on any atom is -0.405 e. The number of sulfone groups is 1. The first-order chi connectivity index (χ1) is 15.3. The number of benzene rings is 2. The van der Waals surface area contributed by atoms with E-state index in [9.17, 15) is 26.4 Å². The second-order valence-corrected chi connectivity index (χ2v) is 9.61. The molecule has 1 N–H and O–H groups in total. The molecule has 0 bridgehead atoms. The molecule has 0 atom stereocenters. The van der Waals surface area contributed by atoms with Gasteiger partial charge in [-0.3, -0.25) is 4.79 Å². The third-order valence-electron chi connectivity index (χ3n) is 4.53. The quantitative estimate of drug-likeness (QED) is 0.505. The Kier molecular flexibility index (Phi) is 6.99. The maximum Gasteiger partial charge on any atom is 0.573 e. The molecule has 1 amide bonds. The molecule has 1 aromatic heterocycles. The van der Waals surface area contributed by atoms with Crippen LogP contribution in [0.3, 0.4) is 0 Å². The van der Waals surface area contributed by atoms with Crippen molar-refractivity contribution >= 4 is 33.2 Å². The van der Waals surface area contributed by atoms with Crippen LogP contribution >= 0.6 is 11.6 Å². The van der Waals surface area contributed by atoms with Crippen LogP contribution in [0.5, 0.6) is 5.75 Å². The lowest BCUT2D eigenvalue weighted by molar-refractivity contribution is -0.274. The maximum absolute atomic E-state index is 12.8. The number of nitrogens with one attached hydrogen (secondary N) is 1. The molecule has 0 spiro atoms. The monoisotopic (exact) mass is 498 g/mol. The Bertz CT molecular complexity index is 1290. The Labute approximate surface area is 193 Å². The predicted octanol–water partition coefficient (Wildman–Crippen LogP) is 5.19. The van der Waals surface area contributed by atoms with Gasteiger partial charge in [0.1, 0.15) is 11.6 Å². The minimum atomic E-state index is -4.89. The number of aromatic nitrogens is 1. The molecule has 0 fully saturated rings. The van der Waals surface area contributed by atoms with Crippen molar-refractivity contribution in [1.82, 2.24) is 4.98 Å². The van der Waals surface area contributed by atoms with E-state index in [1.165, 1.54) is 36.4 Å². The molecule has 3 aromatic rings. The van der Waals surface area contributed by atoms with Crippen LogP contribution in [0.4, 0.5) is 19.0 Å². The number of hydrogen-bond donors (Lipinski definition) is 1. The molecule has 3 rings (SSSR count). The third kappa shape index (κ3) is 6.69. The summed E-state index contributed by atoms with van der Waals surface area (Å²) in [6, 6.07) is 12.8. The van der Waals surface area contributed by atoms with Crippen molar-refractivity contribution in [3.05, 3.63) is 70.9 Å². The van der Waals surface area contributed by atoms with E-state index in [0.29, 0.717) is 16.8 Å². The fourth-order valence-corrected chi connectivity index (χ4v) is 3.86. The van der Waals surface area contributed by atoms with E-state index < -0.39 is 27.9 Å². The van der Waals surface area contributed by atoms with Crippen LogP contribution in [0.2, 0.25) is 5.02 Å². The van der Waals surface area contributed by atoms with Crippen LogP contribution in [-0.4, -0.2) is 31.9 Å². The molecule has 0 aliphatic rings. The molecule has 174 valence electrons. The van der Waals surface area contributed by atoms with Gasteiger partial charge < -0.3 is 10.1 Å². The molecule has 33 heavy (non-hydrogen) atoms. The van der Waals surface area contributed by atoms with Gasteiger partial charge in [-0.15, -0.1) is 13.2 Å². The van der Waals surface area contributed by atoms with Crippen molar-refractivity contribution < 1.29 is 31.1 Å². The second kappa shape index (κ2) is 9.40. The highest BCUT2D eigenvalue weighted by Gasteiger charge is 2.32. The Morgan fingerprint density at radius 2 is 1.70 bits per heavy atom. The maximum atomic E-state index is 12.8. The average Bonchev–Trinajstić information content (AvgIpc) is 2.67. The molecule has 6 nitrogen and oxygen atoms in total. The average molecular weight is 499 g/mol. The molecule has 0 aliphatic carbocycles. The van der Waals surface area contributed by atoms with Crippen molar-refractivity contribution in [1.29, 1.82) is 0 Å². The van der Waals surface area contributed by atoms with Gasteiger partial charge in [-0.2, -0.15) is 0 Å². The SMILES string of the molecule is Cc1nc(NC(=O)Cc2ccc(S(C)(=O)=O)cc2)ccc1-c1ccc(Cl)cc1OC(F)(F)F. The largest absolute Gasteiger partial charge is 0.573 e. The Hall–Kier alpha value is -3.11. The zero-order valence-electron chi connectivity index (χ0n) is 17.4. The van der Waals surface area contributed by atoms with Gasteiger partial charge in [0, 0.05) is 28.1 Å². The molecular weight excluding hydrogens is 481 g/mol. The molecule has 0 saturated carbocycles. The number of pyridine rings is 1. The lowest BCUT2D eigenvalue weighted by Crippen LogP contribution is -2.18. The van der Waals surface area contributed by atoms with Gasteiger partial charge in [-0.1, -0.05) is 23.7 Å². The first kappa shape index (κ1) is 24.5.